The van der Waals surface area contributed by atoms with Crippen molar-refractivity contribution >= 4 is 11.7 Å². The Hall–Kier alpha value is -1.68. The van der Waals surface area contributed by atoms with E-state index in [-0.39, 0.29) is 18.2 Å². The lowest BCUT2D eigenvalue weighted by Gasteiger charge is -2.20. The molecule has 1 heterocycles. The zero-order valence-corrected chi connectivity index (χ0v) is 12.3. The minimum absolute atomic E-state index is 0.0571. The van der Waals surface area contributed by atoms with E-state index in [2.05, 4.69) is 0 Å². The van der Waals surface area contributed by atoms with Crippen molar-refractivity contribution in [2.75, 3.05) is 33.2 Å². The summed E-state index contributed by atoms with van der Waals surface area (Å²) in [5.41, 5.74) is 1.84. The number of rotatable bonds is 5. The number of carbonyl (C=O) groups excluding carboxylic acids is 2. The number of hydrogen-bond donors (Lipinski definition) is 0. The number of benzene rings is 1. The van der Waals surface area contributed by atoms with Crippen molar-refractivity contribution in [3.63, 3.8) is 0 Å². The molecule has 2 rings (SSSR count). The van der Waals surface area contributed by atoms with E-state index in [9.17, 15) is 9.59 Å². The first-order chi connectivity index (χ1) is 9.56. The van der Waals surface area contributed by atoms with Crippen LogP contribution in [0.2, 0.25) is 0 Å². The fraction of sp³-hybridized carbons (Fsp3) is 0.500. The van der Waals surface area contributed by atoms with Crippen molar-refractivity contribution in [2.45, 2.75) is 19.8 Å². The summed E-state index contributed by atoms with van der Waals surface area (Å²) in [6, 6.07) is 7.55. The molecule has 0 bridgehead atoms. The second-order valence-electron chi connectivity index (χ2n) is 5.55. The predicted molar refractivity (Wildman–Crippen MR) is 78.8 cm³/mol. The molecule has 1 aliphatic rings. The number of aryl methyl sites for hydroxylation is 1. The zero-order chi connectivity index (χ0) is 14.5. The molecule has 4 nitrogen and oxygen atoms in total. The number of ketones is 1. The quantitative estimate of drug-likeness (QED) is 0.768. The van der Waals surface area contributed by atoms with Gasteiger partial charge in [-0.3, -0.25) is 14.5 Å². The van der Waals surface area contributed by atoms with E-state index < -0.39 is 0 Å². The van der Waals surface area contributed by atoms with E-state index in [1.165, 1.54) is 0 Å². The Bertz CT molecular complexity index is 476. The van der Waals surface area contributed by atoms with Gasteiger partial charge in [0.25, 0.3) is 0 Å². The second kappa shape index (κ2) is 6.66. The third-order valence-electron chi connectivity index (χ3n) is 3.65. The highest BCUT2D eigenvalue weighted by atomic mass is 16.2. The molecule has 1 aromatic rings. The fourth-order valence-corrected chi connectivity index (χ4v) is 2.43. The van der Waals surface area contributed by atoms with Gasteiger partial charge in [0.05, 0.1) is 13.1 Å². The summed E-state index contributed by atoms with van der Waals surface area (Å²) in [4.78, 5) is 27.8. The first-order valence-electron chi connectivity index (χ1n) is 7.12. The molecule has 108 valence electrons. The molecule has 0 aliphatic carbocycles. The van der Waals surface area contributed by atoms with Crippen LogP contribution in [0.15, 0.2) is 24.3 Å². The summed E-state index contributed by atoms with van der Waals surface area (Å²) in [5, 5.41) is 0. The van der Waals surface area contributed by atoms with Gasteiger partial charge in [-0.1, -0.05) is 29.8 Å². The van der Waals surface area contributed by atoms with E-state index >= 15 is 0 Å². The van der Waals surface area contributed by atoms with Gasteiger partial charge >= 0.3 is 0 Å². The van der Waals surface area contributed by atoms with E-state index in [1.807, 2.05) is 43.1 Å². The van der Waals surface area contributed by atoms with Crippen molar-refractivity contribution in [1.29, 1.82) is 0 Å². The molecule has 1 amide bonds. The third-order valence-corrected chi connectivity index (χ3v) is 3.65. The monoisotopic (exact) mass is 274 g/mol. The SMILES string of the molecule is Cc1ccc(C(=O)CN(C)CC(=O)N2CCCC2)cc1. The lowest BCUT2D eigenvalue weighted by atomic mass is 10.1. The van der Waals surface area contributed by atoms with Crippen LogP contribution in [0.25, 0.3) is 0 Å². The first kappa shape index (κ1) is 14.7. The number of hydrogen-bond acceptors (Lipinski definition) is 3. The molecule has 0 N–H and O–H groups in total. The molecule has 1 aromatic carbocycles. The Morgan fingerprint density at radius 3 is 2.30 bits per heavy atom. The van der Waals surface area contributed by atoms with Crippen LogP contribution < -0.4 is 0 Å². The number of carbonyl (C=O) groups is 2. The lowest BCUT2D eigenvalue weighted by Crippen LogP contribution is -2.39. The maximum atomic E-state index is 12.1. The molecule has 1 saturated heterocycles. The van der Waals surface area contributed by atoms with Gasteiger partial charge in [-0.15, -0.1) is 0 Å². The zero-order valence-electron chi connectivity index (χ0n) is 12.3. The van der Waals surface area contributed by atoms with Crippen molar-refractivity contribution in [3.8, 4) is 0 Å². The standard InChI is InChI=1S/C16H22N2O2/c1-13-5-7-14(8-6-13)15(19)11-17(2)12-16(20)18-9-3-4-10-18/h5-8H,3-4,9-12H2,1-2H3. The fourth-order valence-electron chi connectivity index (χ4n) is 2.43. The van der Waals surface area contributed by atoms with E-state index in [1.54, 1.807) is 4.90 Å². The van der Waals surface area contributed by atoms with Gasteiger partial charge < -0.3 is 4.90 Å². The van der Waals surface area contributed by atoms with Gasteiger partial charge in [0, 0.05) is 18.7 Å². The normalized spacial score (nSPS) is 14.8. The molecular formula is C16H22N2O2. The highest BCUT2D eigenvalue weighted by Gasteiger charge is 2.20. The maximum absolute atomic E-state index is 12.1. The summed E-state index contributed by atoms with van der Waals surface area (Å²) >= 11 is 0. The molecular weight excluding hydrogens is 252 g/mol. The molecule has 1 fully saturated rings. The molecule has 1 aliphatic heterocycles. The third kappa shape index (κ3) is 3.90. The van der Waals surface area contributed by atoms with Crippen LogP contribution in [-0.4, -0.2) is 54.7 Å². The Labute approximate surface area is 120 Å². The van der Waals surface area contributed by atoms with E-state index in [0.29, 0.717) is 12.1 Å². The van der Waals surface area contributed by atoms with E-state index in [0.717, 1.165) is 31.5 Å². The van der Waals surface area contributed by atoms with Gasteiger partial charge in [-0.25, -0.2) is 0 Å². The van der Waals surface area contributed by atoms with Gasteiger partial charge in [0.2, 0.25) is 5.91 Å². The van der Waals surface area contributed by atoms with Gasteiger partial charge in [-0.2, -0.15) is 0 Å². The molecule has 0 atom stereocenters. The summed E-state index contributed by atoms with van der Waals surface area (Å²) in [6.45, 7) is 4.31. The highest BCUT2D eigenvalue weighted by Crippen LogP contribution is 2.08. The Morgan fingerprint density at radius 1 is 1.10 bits per heavy atom. The van der Waals surface area contributed by atoms with Gasteiger partial charge in [0.15, 0.2) is 5.78 Å². The number of likely N-dealkylation sites (tertiary alicyclic amines) is 1. The van der Waals surface area contributed by atoms with Crippen LogP contribution >= 0.6 is 0 Å². The number of nitrogens with zero attached hydrogens (tertiary/aromatic N) is 2. The van der Waals surface area contributed by atoms with Crippen LogP contribution in [0.1, 0.15) is 28.8 Å². The largest absolute Gasteiger partial charge is 0.342 e. The van der Waals surface area contributed by atoms with Crippen LogP contribution in [-0.2, 0) is 4.79 Å². The maximum Gasteiger partial charge on any atom is 0.236 e. The predicted octanol–water partition coefficient (Wildman–Crippen LogP) is 1.73. The minimum atomic E-state index is 0.0571. The second-order valence-corrected chi connectivity index (χ2v) is 5.55. The smallest absolute Gasteiger partial charge is 0.236 e. The number of Topliss-reactive ketones (excluding diaryl/α,β-unsaturated/α-hetero) is 1. The van der Waals surface area contributed by atoms with Crippen molar-refractivity contribution in [3.05, 3.63) is 35.4 Å². The Kier molecular flexibility index (Phi) is 4.90. The molecule has 0 radical (unpaired) electrons. The molecule has 0 aromatic heterocycles. The Balaban J connectivity index is 1.84. The average Bonchev–Trinajstić information content (AvgIpc) is 2.93. The van der Waals surface area contributed by atoms with E-state index in [4.69, 9.17) is 0 Å². The van der Waals surface area contributed by atoms with Crippen molar-refractivity contribution in [1.82, 2.24) is 9.80 Å². The number of amides is 1. The minimum Gasteiger partial charge on any atom is -0.342 e. The molecule has 0 spiro atoms. The van der Waals surface area contributed by atoms with Crippen LogP contribution in [0.3, 0.4) is 0 Å². The first-order valence-corrected chi connectivity index (χ1v) is 7.12. The summed E-state index contributed by atoms with van der Waals surface area (Å²) in [5.74, 6) is 0.184. The molecule has 0 unspecified atom stereocenters. The van der Waals surface area contributed by atoms with Crippen molar-refractivity contribution < 1.29 is 9.59 Å². The summed E-state index contributed by atoms with van der Waals surface area (Å²) in [6.07, 6.45) is 2.19. The van der Waals surface area contributed by atoms with Crippen molar-refractivity contribution in [2.24, 2.45) is 0 Å². The average molecular weight is 274 g/mol. The number of likely N-dealkylation sites (N-methyl/N-ethyl adjacent to an activating group) is 1. The van der Waals surface area contributed by atoms with Crippen LogP contribution in [0, 0.1) is 6.92 Å². The molecule has 0 saturated carbocycles. The summed E-state index contributed by atoms with van der Waals surface area (Å²) < 4.78 is 0. The molecule has 4 heteroatoms. The Morgan fingerprint density at radius 2 is 1.70 bits per heavy atom. The highest BCUT2D eigenvalue weighted by molar-refractivity contribution is 5.97. The van der Waals surface area contributed by atoms with Crippen LogP contribution in [0.4, 0.5) is 0 Å². The molecule has 20 heavy (non-hydrogen) atoms. The lowest BCUT2D eigenvalue weighted by molar-refractivity contribution is -0.130. The van der Waals surface area contributed by atoms with Gasteiger partial charge in [-0.05, 0) is 26.8 Å². The van der Waals surface area contributed by atoms with Gasteiger partial charge in [0.1, 0.15) is 0 Å². The topological polar surface area (TPSA) is 40.6 Å². The summed E-state index contributed by atoms with van der Waals surface area (Å²) in [7, 11) is 1.82. The van der Waals surface area contributed by atoms with Crippen LogP contribution in [0.5, 0.6) is 0 Å².